The van der Waals surface area contributed by atoms with Crippen LogP contribution in [-0.2, 0) is 19.5 Å². The number of aliphatic hydroxyl groups excluding tert-OH is 2. The number of ether oxygens (including phenoxy) is 2. The largest absolute Gasteiger partial charge is 0.497 e. The van der Waals surface area contributed by atoms with Crippen molar-refractivity contribution in [2.24, 2.45) is 0 Å². The van der Waals surface area contributed by atoms with Crippen LogP contribution < -0.4 is 9.47 Å². The Kier molecular flexibility index (Phi) is 9.36. The number of nitrogens with zero attached hydrogens (tertiary/aromatic N) is 2. The van der Waals surface area contributed by atoms with E-state index in [1.165, 1.54) is 11.1 Å². The molecule has 3 rings (SSSR count). The van der Waals surface area contributed by atoms with E-state index in [1.54, 1.807) is 7.11 Å². The maximum Gasteiger partial charge on any atom is 0.124 e. The molecule has 2 aromatic carbocycles. The topological polar surface area (TPSA) is 65.4 Å². The molecular weight excluding hydrogens is 404 g/mol. The Labute approximate surface area is 192 Å². The van der Waals surface area contributed by atoms with Crippen LogP contribution in [0, 0.1) is 0 Å². The number of aliphatic hydroxyl groups is 2. The lowest BCUT2D eigenvalue weighted by Gasteiger charge is -2.31. The molecule has 2 N–H and O–H groups in total. The molecule has 1 fully saturated rings. The first kappa shape index (κ1) is 24.5. The van der Waals surface area contributed by atoms with Gasteiger partial charge < -0.3 is 24.6 Å². The summed E-state index contributed by atoms with van der Waals surface area (Å²) in [5.74, 6) is 1.56. The van der Waals surface area contributed by atoms with E-state index in [-0.39, 0.29) is 12.7 Å². The van der Waals surface area contributed by atoms with Gasteiger partial charge in [-0.1, -0.05) is 31.2 Å². The fourth-order valence-electron chi connectivity index (χ4n) is 4.12. The summed E-state index contributed by atoms with van der Waals surface area (Å²) >= 11 is 0. The molecule has 1 aliphatic heterocycles. The van der Waals surface area contributed by atoms with Crippen LogP contribution in [0.4, 0.5) is 0 Å². The van der Waals surface area contributed by atoms with Gasteiger partial charge in [-0.2, -0.15) is 0 Å². The molecule has 176 valence electrons. The van der Waals surface area contributed by atoms with Crippen molar-refractivity contribution in [3.63, 3.8) is 0 Å². The van der Waals surface area contributed by atoms with Crippen LogP contribution in [0.15, 0.2) is 42.5 Å². The van der Waals surface area contributed by atoms with Crippen LogP contribution in [0.1, 0.15) is 36.5 Å². The van der Waals surface area contributed by atoms with Gasteiger partial charge in [0.1, 0.15) is 24.2 Å². The van der Waals surface area contributed by atoms with Crippen molar-refractivity contribution < 1.29 is 19.7 Å². The highest BCUT2D eigenvalue weighted by molar-refractivity contribution is 5.40. The smallest absolute Gasteiger partial charge is 0.124 e. The van der Waals surface area contributed by atoms with E-state index in [2.05, 4.69) is 48.0 Å². The molecule has 0 aliphatic carbocycles. The maximum atomic E-state index is 10.5. The van der Waals surface area contributed by atoms with Gasteiger partial charge in [0.05, 0.1) is 13.2 Å². The summed E-state index contributed by atoms with van der Waals surface area (Å²) in [7, 11) is 3.76. The minimum Gasteiger partial charge on any atom is -0.497 e. The summed E-state index contributed by atoms with van der Waals surface area (Å²) in [5, 5.41) is 20.1. The first-order valence-corrected chi connectivity index (χ1v) is 11.6. The Balaban J connectivity index is 1.57. The SMILES string of the molecule is CCc1ccc(CN(C)Cc2cc(OC)ccc2OCC(O)CN2CCC(O)CC2)cc1. The molecule has 0 radical (unpaired) electrons. The number of hydrogen-bond donors (Lipinski definition) is 2. The van der Waals surface area contributed by atoms with Gasteiger partial charge in [0.2, 0.25) is 0 Å². The third-order valence-electron chi connectivity index (χ3n) is 6.05. The first-order chi connectivity index (χ1) is 15.5. The molecule has 0 amide bonds. The van der Waals surface area contributed by atoms with Crippen molar-refractivity contribution >= 4 is 0 Å². The molecule has 2 aromatic rings. The van der Waals surface area contributed by atoms with Crippen molar-refractivity contribution in [3.05, 3.63) is 59.2 Å². The van der Waals surface area contributed by atoms with E-state index in [0.717, 1.165) is 56.0 Å². The summed E-state index contributed by atoms with van der Waals surface area (Å²) < 4.78 is 11.5. The highest BCUT2D eigenvalue weighted by Gasteiger charge is 2.20. The normalized spacial score (nSPS) is 16.3. The number of aryl methyl sites for hydroxylation is 1. The minimum atomic E-state index is -0.574. The molecule has 0 bridgehead atoms. The molecule has 1 unspecified atom stereocenters. The molecule has 1 atom stereocenters. The van der Waals surface area contributed by atoms with Gasteiger partial charge >= 0.3 is 0 Å². The number of methoxy groups -OCH3 is 1. The summed E-state index contributed by atoms with van der Waals surface area (Å²) in [4.78, 5) is 4.44. The lowest BCUT2D eigenvalue weighted by Crippen LogP contribution is -2.41. The predicted octanol–water partition coefficient (Wildman–Crippen LogP) is 3.09. The second-order valence-corrected chi connectivity index (χ2v) is 8.81. The van der Waals surface area contributed by atoms with Crippen LogP contribution in [-0.4, -0.2) is 72.6 Å². The predicted molar refractivity (Wildman–Crippen MR) is 127 cm³/mol. The molecule has 6 nitrogen and oxygen atoms in total. The minimum absolute atomic E-state index is 0.205. The monoisotopic (exact) mass is 442 g/mol. The molecule has 32 heavy (non-hydrogen) atoms. The Hall–Kier alpha value is -2.12. The highest BCUT2D eigenvalue weighted by atomic mass is 16.5. The number of hydrogen-bond acceptors (Lipinski definition) is 6. The summed E-state index contributed by atoms with van der Waals surface area (Å²) in [6, 6.07) is 14.6. The van der Waals surface area contributed by atoms with E-state index in [4.69, 9.17) is 9.47 Å². The Morgan fingerprint density at radius 1 is 1.06 bits per heavy atom. The zero-order chi connectivity index (χ0) is 22.9. The lowest BCUT2D eigenvalue weighted by molar-refractivity contribution is 0.0335. The zero-order valence-corrected chi connectivity index (χ0v) is 19.7. The molecule has 0 aromatic heterocycles. The molecule has 0 spiro atoms. The second-order valence-electron chi connectivity index (χ2n) is 8.81. The first-order valence-electron chi connectivity index (χ1n) is 11.6. The van der Waals surface area contributed by atoms with Crippen molar-refractivity contribution in [1.29, 1.82) is 0 Å². The van der Waals surface area contributed by atoms with Gasteiger partial charge in [0, 0.05) is 38.3 Å². The van der Waals surface area contributed by atoms with Crippen LogP contribution in [0.3, 0.4) is 0 Å². The van der Waals surface area contributed by atoms with Crippen molar-refractivity contribution in [1.82, 2.24) is 9.80 Å². The van der Waals surface area contributed by atoms with Gasteiger partial charge in [-0.05, 0) is 55.6 Å². The number of benzene rings is 2. The molecule has 0 saturated carbocycles. The van der Waals surface area contributed by atoms with Crippen molar-refractivity contribution in [2.45, 2.75) is 51.5 Å². The second kappa shape index (κ2) is 12.2. The Bertz CT molecular complexity index is 819. The Morgan fingerprint density at radius 2 is 1.75 bits per heavy atom. The van der Waals surface area contributed by atoms with E-state index in [1.807, 2.05) is 18.2 Å². The molecule has 1 aliphatic rings. The molecule has 6 heteroatoms. The summed E-state index contributed by atoms with van der Waals surface area (Å²) in [6.07, 6.45) is 1.80. The number of rotatable bonds is 11. The molecule has 1 heterocycles. The third kappa shape index (κ3) is 7.48. The van der Waals surface area contributed by atoms with E-state index < -0.39 is 6.10 Å². The average Bonchev–Trinajstić information content (AvgIpc) is 2.80. The number of piperidine rings is 1. The van der Waals surface area contributed by atoms with Crippen LogP contribution in [0.2, 0.25) is 0 Å². The third-order valence-corrected chi connectivity index (χ3v) is 6.05. The van der Waals surface area contributed by atoms with Gasteiger partial charge in [0.25, 0.3) is 0 Å². The van der Waals surface area contributed by atoms with Gasteiger partial charge in [0.15, 0.2) is 0 Å². The standard InChI is InChI=1S/C26H38N2O4/c1-4-20-5-7-21(8-6-20)16-27(2)17-22-15-25(31-3)9-10-26(22)32-19-24(30)18-28-13-11-23(29)12-14-28/h5-10,15,23-24,29-30H,4,11-14,16-19H2,1-3H3. The van der Waals surface area contributed by atoms with Gasteiger partial charge in [-0.25, -0.2) is 0 Å². The lowest BCUT2D eigenvalue weighted by atomic mass is 10.1. The summed E-state index contributed by atoms with van der Waals surface area (Å²) in [5.41, 5.74) is 3.65. The van der Waals surface area contributed by atoms with E-state index in [9.17, 15) is 10.2 Å². The average molecular weight is 443 g/mol. The quantitative estimate of drug-likeness (QED) is 0.558. The van der Waals surface area contributed by atoms with Gasteiger partial charge in [-0.15, -0.1) is 0 Å². The maximum absolute atomic E-state index is 10.5. The molecule has 1 saturated heterocycles. The van der Waals surface area contributed by atoms with Crippen molar-refractivity contribution in [3.8, 4) is 11.5 Å². The van der Waals surface area contributed by atoms with Crippen molar-refractivity contribution in [2.75, 3.05) is 40.4 Å². The fourth-order valence-corrected chi connectivity index (χ4v) is 4.12. The van der Waals surface area contributed by atoms with Gasteiger partial charge in [-0.3, -0.25) is 4.90 Å². The highest BCUT2D eigenvalue weighted by Crippen LogP contribution is 2.26. The number of β-amino-alcohol motifs (C(OH)–C–C–N with tert-alkyl or cyclic N) is 1. The summed E-state index contributed by atoms with van der Waals surface area (Å²) in [6.45, 7) is 6.14. The van der Waals surface area contributed by atoms with E-state index in [0.29, 0.717) is 13.1 Å². The van der Waals surface area contributed by atoms with E-state index >= 15 is 0 Å². The Morgan fingerprint density at radius 3 is 2.41 bits per heavy atom. The van der Waals surface area contributed by atoms with Crippen LogP contribution in [0.5, 0.6) is 11.5 Å². The van der Waals surface area contributed by atoms with Crippen LogP contribution >= 0.6 is 0 Å². The fraction of sp³-hybridized carbons (Fsp3) is 0.538. The zero-order valence-electron chi connectivity index (χ0n) is 19.7. The molecular formula is C26H38N2O4. The number of likely N-dealkylation sites (tertiary alicyclic amines) is 1. The van der Waals surface area contributed by atoms with Crippen LogP contribution in [0.25, 0.3) is 0 Å².